The van der Waals surface area contributed by atoms with Crippen LogP contribution in [0.3, 0.4) is 0 Å². The standard InChI is InChI=1S/C12H8BrClFNO2/c13-11-3-8(12(17)18)6-16(11)5-7-1-2-9(15)4-10(7)14/h1-4,6H,5H2,(H,17,18). The highest BCUT2D eigenvalue weighted by Crippen LogP contribution is 2.22. The molecule has 18 heavy (non-hydrogen) atoms. The molecule has 2 rings (SSSR count). The predicted octanol–water partition coefficient (Wildman–Crippen LogP) is 3.79. The summed E-state index contributed by atoms with van der Waals surface area (Å²) in [7, 11) is 0. The number of hydrogen-bond acceptors (Lipinski definition) is 1. The Morgan fingerprint density at radius 3 is 2.72 bits per heavy atom. The maximum atomic E-state index is 12.9. The van der Waals surface area contributed by atoms with Gasteiger partial charge in [0.25, 0.3) is 0 Å². The molecular weight excluding hydrogens is 324 g/mol. The molecule has 1 aromatic heterocycles. The van der Waals surface area contributed by atoms with Crippen molar-refractivity contribution in [2.75, 3.05) is 0 Å². The van der Waals surface area contributed by atoms with Crippen LogP contribution in [0.5, 0.6) is 0 Å². The first-order valence-electron chi connectivity index (χ1n) is 5.00. The van der Waals surface area contributed by atoms with Gasteiger partial charge in [-0.1, -0.05) is 17.7 Å². The van der Waals surface area contributed by atoms with E-state index in [1.54, 1.807) is 10.6 Å². The molecule has 0 spiro atoms. The quantitative estimate of drug-likeness (QED) is 0.929. The number of rotatable bonds is 3. The first kappa shape index (κ1) is 13.1. The van der Waals surface area contributed by atoms with Gasteiger partial charge in [-0.3, -0.25) is 0 Å². The number of nitrogens with zero attached hydrogens (tertiary/aromatic N) is 1. The zero-order valence-electron chi connectivity index (χ0n) is 9.03. The fourth-order valence-corrected chi connectivity index (χ4v) is 2.25. The van der Waals surface area contributed by atoms with Gasteiger partial charge in [-0.15, -0.1) is 0 Å². The van der Waals surface area contributed by atoms with Gasteiger partial charge in [-0.05, 0) is 39.7 Å². The maximum Gasteiger partial charge on any atom is 0.337 e. The molecule has 0 fully saturated rings. The molecule has 1 N–H and O–H groups in total. The molecule has 1 aromatic carbocycles. The number of aromatic nitrogens is 1. The fraction of sp³-hybridized carbons (Fsp3) is 0.0833. The molecule has 0 atom stereocenters. The van der Waals surface area contributed by atoms with Crippen molar-refractivity contribution < 1.29 is 14.3 Å². The van der Waals surface area contributed by atoms with Gasteiger partial charge in [-0.2, -0.15) is 0 Å². The van der Waals surface area contributed by atoms with E-state index in [0.717, 1.165) is 0 Å². The molecule has 0 saturated carbocycles. The second kappa shape index (κ2) is 5.12. The Morgan fingerprint density at radius 1 is 1.44 bits per heavy atom. The van der Waals surface area contributed by atoms with Gasteiger partial charge >= 0.3 is 5.97 Å². The van der Waals surface area contributed by atoms with E-state index >= 15 is 0 Å². The van der Waals surface area contributed by atoms with Crippen molar-refractivity contribution >= 4 is 33.5 Å². The van der Waals surface area contributed by atoms with E-state index in [2.05, 4.69) is 15.9 Å². The summed E-state index contributed by atoms with van der Waals surface area (Å²) in [6.07, 6.45) is 1.49. The summed E-state index contributed by atoms with van der Waals surface area (Å²) in [5, 5.41) is 9.18. The van der Waals surface area contributed by atoms with Gasteiger partial charge in [0.15, 0.2) is 0 Å². The lowest BCUT2D eigenvalue weighted by Crippen LogP contribution is -2.00. The highest BCUT2D eigenvalue weighted by Gasteiger charge is 2.11. The normalized spacial score (nSPS) is 10.6. The molecule has 3 nitrogen and oxygen atoms in total. The van der Waals surface area contributed by atoms with E-state index in [1.165, 1.54) is 24.4 Å². The Labute approximate surface area is 116 Å². The van der Waals surface area contributed by atoms with Crippen LogP contribution in [0, 0.1) is 5.82 Å². The average Bonchev–Trinajstić information content (AvgIpc) is 2.64. The number of benzene rings is 1. The molecule has 0 radical (unpaired) electrons. The lowest BCUT2D eigenvalue weighted by Gasteiger charge is -2.07. The Hall–Kier alpha value is -1.33. The van der Waals surface area contributed by atoms with Crippen molar-refractivity contribution in [2.24, 2.45) is 0 Å². The number of carbonyl (C=O) groups is 1. The number of carboxylic acids is 1. The van der Waals surface area contributed by atoms with Crippen LogP contribution < -0.4 is 0 Å². The minimum Gasteiger partial charge on any atom is -0.478 e. The number of carboxylic acid groups (broad SMARTS) is 1. The van der Waals surface area contributed by atoms with Gasteiger partial charge < -0.3 is 9.67 Å². The maximum absolute atomic E-state index is 12.9. The predicted molar refractivity (Wildman–Crippen MR) is 69.6 cm³/mol. The van der Waals surface area contributed by atoms with Gasteiger partial charge in [0.2, 0.25) is 0 Å². The number of hydrogen-bond donors (Lipinski definition) is 1. The first-order chi connectivity index (χ1) is 8.47. The van der Waals surface area contributed by atoms with E-state index in [9.17, 15) is 9.18 Å². The Morgan fingerprint density at radius 2 is 2.17 bits per heavy atom. The highest BCUT2D eigenvalue weighted by molar-refractivity contribution is 9.10. The van der Waals surface area contributed by atoms with Crippen LogP contribution in [0.1, 0.15) is 15.9 Å². The zero-order valence-corrected chi connectivity index (χ0v) is 11.4. The van der Waals surface area contributed by atoms with E-state index in [1.807, 2.05) is 0 Å². The third kappa shape index (κ3) is 2.73. The van der Waals surface area contributed by atoms with Crippen LogP contribution in [0.15, 0.2) is 35.1 Å². The molecule has 2 aromatic rings. The van der Waals surface area contributed by atoms with Gasteiger partial charge in [0, 0.05) is 17.8 Å². The van der Waals surface area contributed by atoms with Crippen molar-refractivity contribution in [3.8, 4) is 0 Å². The summed E-state index contributed by atoms with van der Waals surface area (Å²) in [6, 6.07) is 5.62. The van der Waals surface area contributed by atoms with E-state index < -0.39 is 11.8 Å². The van der Waals surface area contributed by atoms with Crippen molar-refractivity contribution in [2.45, 2.75) is 6.54 Å². The Balaban J connectivity index is 2.31. The SMILES string of the molecule is O=C(O)c1cc(Br)n(Cc2ccc(F)cc2Cl)c1. The molecule has 0 aliphatic heterocycles. The van der Waals surface area contributed by atoms with E-state index in [-0.39, 0.29) is 5.56 Å². The summed E-state index contributed by atoms with van der Waals surface area (Å²) in [5.74, 6) is -1.40. The largest absolute Gasteiger partial charge is 0.478 e. The van der Waals surface area contributed by atoms with Crippen LogP contribution in [0.25, 0.3) is 0 Å². The smallest absolute Gasteiger partial charge is 0.337 e. The second-order valence-corrected chi connectivity index (χ2v) is 4.94. The molecule has 0 aliphatic carbocycles. The zero-order chi connectivity index (χ0) is 13.3. The Bertz CT molecular complexity index is 612. The van der Waals surface area contributed by atoms with E-state index in [4.69, 9.17) is 16.7 Å². The molecule has 0 unspecified atom stereocenters. The topological polar surface area (TPSA) is 42.2 Å². The third-order valence-corrected chi connectivity index (χ3v) is 3.48. The average molecular weight is 333 g/mol. The van der Waals surface area contributed by atoms with Crippen LogP contribution in [0.4, 0.5) is 4.39 Å². The molecule has 0 aliphatic rings. The fourth-order valence-electron chi connectivity index (χ4n) is 1.55. The number of aromatic carboxylic acids is 1. The summed E-state index contributed by atoms with van der Waals surface area (Å²) in [6.45, 7) is 0.368. The highest BCUT2D eigenvalue weighted by atomic mass is 79.9. The van der Waals surface area contributed by atoms with Crippen LogP contribution in [-0.4, -0.2) is 15.6 Å². The lowest BCUT2D eigenvalue weighted by molar-refractivity contribution is 0.0697. The first-order valence-corrected chi connectivity index (χ1v) is 6.17. The summed E-state index contributed by atoms with van der Waals surface area (Å²) < 4.78 is 15.2. The minimum atomic E-state index is -1.00. The van der Waals surface area contributed by atoms with Crippen molar-refractivity contribution in [3.63, 3.8) is 0 Å². The van der Waals surface area contributed by atoms with Gasteiger partial charge in [0.05, 0.1) is 10.2 Å². The summed E-state index contributed by atoms with van der Waals surface area (Å²) in [4.78, 5) is 10.8. The molecule has 0 amide bonds. The molecule has 0 saturated heterocycles. The van der Waals surface area contributed by atoms with Crippen LogP contribution >= 0.6 is 27.5 Å². The van der Waals surface area contributed by atoms with Gasteiger partial charge in [-0.25, -0.2) is 9.18 Å². The Kier molecular flexibility index (Phi) is 3.73. The monoisotopic (exact) mass is 331 g/mol. The van der Waals surface area contributed by atoms with Gasteiger partial charge in [0.1, 0.15) is 5.82 Å². The summed E-state index contributed by atoms with van der Waals surface area (Å²) in [5.41, 5.74) is 0.895. The molecule has 94 valence electrons. The molecular formula is C12H8BrClFNO2. The summed E-state index contributed by atoms with van der Waals surface area (Å²) >= 11 is 9.18. The lowest BCUT2D eigenvalue weighted by atomic mass is 10.2. The minimum absolute atomic E-state index is 0.181. The van der Waals surface area contributed by atoms with Crippen LogP contribution in [0.2, 0.25) is 5.02 Å². The molecule has 1 heterocycles. The molecule has 6 heteroatoms. The van der Waals surface area contributed by atoms with Crippen molar-refractivity contribution in [1.82, 2.24) is 4.57 Å². The van der Waals surface area contributed by atoms with E-state index in [0.29, 0.717) is 21.7 Å². The van der Waals surface area contributed by atoms with Crippen LogP contribution in [-0.2, 0) is 6.54 Å². The number of halogens is 3. The third-order valence-electron chi connectivity index (χ3n) is 2.45. The van der Waals surface area contributed by atoms with Crippen molar-refractivity contribution in [3.05, 3.63) is 57.0 Å². The molecule has 0 bridgehead atoms. The van der Waals surface area contributed by atoms with Crippen molar-refractivity contribution in [1.29, 1.82) is 0 Å². The second-order valence-electron chi connectivity index (χ2n) is 3.72.